The van der Waals surface area contributed by atoms with Gasteiger partial charge in [-0.25, -0.2) is 0 Å². The number of rotatable bonds is 9. The van der Waals surface area contributed by atoms with Crippen LogP contribution in [0, 0.1) is 0 Å². The van der Waals surface area contributed by atoms with Crippen LogP contribution in [0.4, 0.5) is 0 Å². The third kappa shape index (κ3) is 7.41. The van der Waals surface area contributed by atoms with E-state index in [2.05, 4.69) is 0 Å². The van der Waals surface area contributed by atoms with E-state index in [4.69, 9.17) is 26.4 Å². The van der Waals surface area contributed by atoms with Gasteiger partial charge in [-0.15, -0.1) is 0 Å². The predicted octanol–water partition coefficient (Wildman–Crippen LogP) is 3.11. The first-order valence-corrected chi connectivity index (χ1v) is 7.54. The average Bonchev–Trinajstić information content (AvgIpc) is 2.45. The lowest BCUT2D eigenvalue weighted by Gasteiger charge is -2.17. The number of hydrogen-bond donors (Lipinski definition) is 1. The Morgan fingerprint density at radius 1 is 1.29 bits per heavy atom. The summed E-state index contributed by atoms with van der Waals surface area (Å²) in [6, 6.07) is 7.73. The number of ether oxygens (including phenoxy) is 3. The molecule has 0 fully saturated rings. The Hall–Kier alpha value is -1.17. The minimum Gasteiger partial charge on any atom is -0.497 e. The van der Waals surface area contributed by atoms with Gasteiger partial charge < -0.3 is 19.3 Å². The molecule has 0 aromatic heterocycles. The summed E-state index contributed by atoms with van der Waals surface area (Å²) in [6.07, 6.45) is 0.324. The highest BCUT2D eigenvalue weighted by Gasteiger charge is 2.13. The summed E-state index contributed by atoms with van der Waals surface area (Å²) >= 11 is 5.01. The number of thiocarbonyl (C=S) groups is 1. The zero-order valence-corrected chi connectivity index (χ0v) is 13.7. The monoisotopic (exact) mass is 312 g/mol. The lowest BCUT2D eigenvalue weighted by atomic mass is 10.1. The van der Waals surface area contributed by atoms with E-state index in [1.54, 1.807) is 7.11 Å². The maximum absolute atomic E-state index is 9.92. The Kier molecular flexibility index (Phi) is 8.27. The van der Waals surface area contributed by atoms with E-state index < -0.39 is 6.10 Å². The van der Waals surface area contributed by atoms with Crippen molar-refractivity contribution in [3.63, 3.8) is 0 Å². The third-order valence-electron chi connectivity index (χ3n) is 3.01. The summed E-state index contributed by atoms with van der Waals surface area (Å²) in [4.78, 5) is 0. The van der Waals surface area contributed by atoms with Gasteiger partial charge in [0.1, 0.15) is 5.75 Å². The minimum absolute atomic E-state index is 0.0495. The summed E-state index contributed by atoms with van der Waals surface area (Å²) < 4.78 is 16.0. The van der Waals surface area contributed by atoms with Crippen LogP contribution in [-0.2, 0) is 16.1 Å². The van der Waals surface area contributed by atoms with Crippen LogP contribution in [0.1, 0.15) is 32.3 Å². The molecular weight excluding hydrogens is 288 g/mol. The standard InChI is InChI=1S/C16H24O4S/c1-4-19-16(21)10-14(17)9-12(2)20-11-13-5-7-15(18-3)8-6-13/h5-8,12,14,17H,4,9-11H2,1-3H3. The van der Waals surface area contributed by atoms with Crippen LogP contribution in [-0.4, -0.2) is 36.1 Å². The first-order valence-electron chi connectivity index (χ1n) is 7.13. The molecule has 2 atom stereocenters. The summed E-state index contributed by atoms with van der Waals surface area (Å²) in [5.74, 6) is 0.826. The lowest BCUT2D eigenvalue weighted by Crippen LogP contribution is -2.21. The number of methoxy groups -OCH3 is 1. The van der Waals surface area contributed by atoms with Crippen LogP contribution in [0.15, 0.2) is 24.3 Å². The molecule has 0 aliphatic rings. The molecule has 0 aliphatic carbocycles. The summed E-state index contributed by atoms with van der Waals surface area (Å²) in [5, 5.41) is 10.4. The molecule has 0 heterocycles. The Bertz CT molecular complexity index is 419. The van der Waals surface area contributed by atoms with Gasteiger partial charge in [0.05, 0.1) is 32.5 Å². The quantitative estimate of drug-likeness (QED) is 0.710. The lowest BCUT2D eigenvalue weighted by molar-refractivity contribution is 0.0156. The smallest absolute Gasteiger partial charge is 0.162 e. The molecule has 1 N–H and O–H groups in total. The molecule has 0 spiro atoms. The van der Waals surface area contributed by atoms with Crippen molar-refractivity contribution in [2.45, 2.75) is 45.5 Å². The Labute approximate surface area is 132 Å². The predicted molar refractivity (Wildman–Crippen MR) is 86.7 cm³/mol. The minimum atomic E-state index is -0.532. The molecule has 0 saturated carbocycles. The highest BCUT2D eigenvalue weighted by atomic mass is 32.1. The van der Waals surface area contributed by atoms with Gasteiger partial charge in [-0.2, -0.15) is 0 Å². The molecule has 0 saturated heterocycles. The summed E-state index contributed by atoms with van der Waals surface area (Å²) in [7, 11) is 1.64. The van der Waals surface area contributed by atoms with Crippen molar-refractivity contribution >= 4 is 17.3 Å². The Morgan fingerprint density at radius 2 is 1.95 bits per heavy atom. The zero-order chi connectivity index (χ0) is 15.7. The molecule has 1 rings (SSSR count). The fourth-order valence-corrected chi connectivity index (χ4v) is 2.22. The van der Waals surface area contributed by atoms with Gasteiger partial charge in [0.2, 0.25) is 0 Å². The first-order chi connectivity index (χ1) is 10.0. The molecular formula is C16H24O4S. The van der Waals surface area contributed by atoms with Crippen LogP contribution >= 0.6 is 12.2 Å². The average molecular weight is 312 g/mol. The van der Waals surface area contributed by atoms with Crippen molar-refractivity contribution in [3.8, 4) is 5.75 Å². The normalized spacial score (nSPS) is 13.5. The van der Waals surface area contributed by atoms with E-state index in [0.717, 1.165) is 11.3 Å². The SMILES string of the molecule is CCOC(=S)CC(O)CC(C)OCc1ccc(OC)cc1. The van der Waals surface area contributed by atoms with Crippen LogP contribution in [0.25, 0.3) is 0 Å². The van der Waals surface area contributed by atoms with Crippen molar-refractivity contribution < 1.29 is 19.3 Å². The molecule has 118 valence electrons. The maximum atomic E-state index is 9.92. The van der Waals surface area contributed by atoms with E-state index in [-0.39, 0.29) is 6.10 Å². The van der Waals surface area contributed by atoms with Crippen molar-refractivity contribution in [2.75, 3.05) is 13.7 Å². The van der Waals surface area contributed by atoms with Crippen LogP contribution in [0.2, 0.25) is 0 Å². The fourth-order valence-electron chi connectivity index (χ4n) is 1.91. The van der Waals surface area contributed by atoms with E-state index in [1.165, 1.54) is 0 Å². The van der Waals surface area contributed by atoms with Gasteiger partial charge in [0.15, 0.2) is 5.05 Å². The number of benzene rings is 1. The van der Waals surface area contributed by atoms with Crippen molar-refractivity contribution in [2.24, 2.45) is 0 Å². The summed E-state index contributed by atoms with van der Waals surface area (Å²) in [6.45, 7) is 4.86. The molecule has 4 nitrogen and oxygen atoms in total. The molecule has 1 aromatic rings. The molecule has 21 heavy (non-hydrogen) atoms. The van der Waals surface area contributed by atoms with Crippen LogP contribution in [0.3, 0.4) is 0 Å². The second-order valence-corrected chi connectivity index (χ2v) is 5.32. The van der Waals surface area contributed by atoms with Gasteiger partial charge in [-0.05, 0) is 50.2 Å². The fraction of sp³-hybridized carbons (Fsp3) is 0.562. The second-order valence-electron chi connectivity index (χ2n) is 4.87. The van der Waals surface area contributed by atoms with Gasteiger partial charge in [0.25, 0.3) is 0 Å². The second kappa shape index (κ2) is 9.71. The largest absolute Gasteiger partial charge is 0.497 e. The van der Waals surface area contributed by atoms with Gasteiger partial charge >= 0.3 is 0 Å². The van der Waals surface area contributed by atoms with Crippen molar-refractivity contribution in [1.82, 2.24) is 0 Å². The van der Waals surface area contributed by atoms with E-state index in [0.29, 0.717) is 31.1 Å². The first kappa shape index (κ1) is 17.9. The third-order valence-corrected chi connectivity index (χ3v) is 3.29. The number of hydrogen-bond acceptors (Lipinski definition) is 5. The zero-order valence-electron chi connectivity index (χ0n) is 12.9. The topological polar surface area (TPSA) is 47.9 Å². The highest BCUT2D eigenvalue weighted by Crippen LogP contribution is 2.14. The maximum Gasteiger partial charge on any atom is 0.162 e. The van der Waals surface area contributed by atoms with Gasteiger partial charge in [-0.1, -0.05) is 12.1 Å². The summed E-state index contributed by atoms with van der Waals surface area (Å²) in [5.41, 5.74) is 1.07. The molecule has 2 unspecified atom stereocenters. The Morgan fingerprint density at radius 3 is 2.52 bits per heavy atom. The Balaban J connectivity index is 2.29. The van der Waals surface area contributed by atoms with E-state index in [1.807, 2.05) is 38.1 Å². The molecule has 0 aliphatic heterocycles. The molecule has 0 amide bonds. The molecule has 0 bridgehead atoms. The van der Waals surface area contributed by atoms with Crippen molar-refractivity contribution in [3.05, 3.63) is 29.8 Å². The van der Waals surface area contributed by atoms with E-state index in [9.17, 15) is 5.11 Å². The van der Waals surface area contributed by atoms with Gasteiger partial charge in [-0.3, -0.25) is 0 Å². The molecule has 5 heteroatoms. The number of aliphatic hydroxyl groups excluding tert-OH is 1. The van der Waals surface area contributed by atoms with Gasteiger partial charge in [0, 0.05) is 6.42 Å². The van der Waals surface area contributed by atoms with Crippen LogP contribution < -0.4 is 4.74 Å². The number of aliphatic hydroxyl groups is 1. The van der Waals surface area contributed by atoms with Crippen LogP contribution in [0.5, 0.6) is 5.75 Å². The molecule has 0 radical (unpaired) electrons. The van der Waals surface area contributed by atoms with E-state index >= 15 is 0 Å². The van der Waals surface area contributed by atoms with Crippen molar-refractivity contribution in [1.29, 1.82) is 0 Å². The highest BCUT2D eigenvalue weighted by molar-refractivity contribution is 7.80. The molecule has 1 aromatic carbocycles.